The molecule has 3 aromatic rings. The molecule has 0 saturated carbocycles. The molecule has 7 heteroatoms. The maximum absolute atomic E-state index is 12.7. The average Bonchev–Trinajstić information content (AvgIpc) is 3.14. The van der Waals surface area contributed by atoms with Crippen molar-refractivity contribution >= 4 is 29.0 Å². The van der Waals surface area contributed by atoms with Gasteiger partial charge in [0.2, 0.25) is 5.16 Å². The van der Waals surface area contributed by atoms with E-state index in [1.165, 1.54) is 17.3 Å². The van der Waals surface area contributed by atoms with Crippen LogP contribution in [0.1, 0.15) is 30.8 Å². The van der Waals surface area contributed by atoms with E-state index in [4.69, 9.17) is 0 Å². The molecule has 0 spiro atoms. The minimum absolute atomic E-state index is 0.0486. The van der Waals surface area contributed by atoms with Gasteiger partial charge in [0.25, 0.3) is 5.78 Å². The molecule has 28 heavy (non-hydrogen) atoms. The number of benzene rings is 1. The van der Waals surface area contributed by atoms with Gasteiger partial charge in [-0.25, -0.2) is 9.50 Å². The first kappa shape index (κ1) is 18.7. The van der Waals surface area contributed by atoms with Crippen LogP contribution in [0, 0.1) is 13.8 Å². The van der Waals surface area contributed by atoms with Crippen LogP contribution in [0.2, 0.25) is 0 Å². The number of aryl methyl sites for hydroxylation is 2. The second-order valence-electron chi connectivity index (χ2n) is 7.63. The lowest BCUT2D eigenvalue weighted by atomic mass is 9.83. The zero-order valence-electron chi connectivity index (χ0n) is 16.7. The number of carbonyl (C=O) groups is 1. The van der Waals surface area contributed by atoms with Gasteiger partial charge in [-0.1, -0.05) is 43.8 Å². The molecule has 0 bridgehead atoms. The summed E-state index contributed by atoms with van der Waals surface area (Å²) in [6.45, 7) is 8.21. The van der Waals surface area contributed by atoms with Crippen molar-refractivity contribution in [1.29, 1.82) is 0 Å². The maximum atomic E-state index is 12.7. The summed E-state index contributed by atoms with van der Waals surface area (Å²) in [6, 6.07) is 10.3. The van der Waals surface area contributed by atoms with Crippen molar-refractivity contribution in [2.24, 2.45) is 0 Å². The Bertz CT molecular complexity index is 1120. The lowest BCUT2D eigenvalue weighted by Crippen LogP contribution is -2.24. The molecule has 1 aliphatic rings. The van der Waals surface area contributed by atoms with Crippen molar-refractivity contribution in [1.82, 2.24) is 19.6 Å². The number of fused-ring (bicyclic) bond motifs is 2. The van der Waals surface area contributed by atoms with E-state index in [1.807, 2.05) is 39.1 Å². The van der Waals surface area contributed by atoms with Gasteiger partial charge in [-0.05, 0) is 31.5 Å². The second kappa shape index (κ2) is 6.74. The van der Waals surface area contributed by atoms with Gasteiger partial charge in [-0.3, -0.25) is 4.79 Å². The number of carbonyl (C=O) groups excluding carboxylic acids is 1. The third kappa shape index (κ3) is 3.09. The van der Waals surface area contributed by atoms with Crippen LogP contribution in [0.4, 0.5) is 5.69 Å². The van der Waals surface area contributed by atoms with Crippen LogP contribution in [0.5, 0.6) is 0 Å². The van der Waals surface area contributed by atoms with Crippen LogP contribution in [-0.2, 0) is 10.2 Å². The van der Waals surface area contributed by atoms with E-state index < -0.39 is 0 Å². The lowest BCUT2D eigenvalue weighted by molar-refractivity contribution is -0.112. The summed E-state index contributed by atoms with van der Waals surface area (Å²) >= 11 is 1.34. The quantitative estimate of drug-likeness (QED) is 0.497. The largest absolute Gasteiger partial charge is 0.347 e. The Morgan fingerprint density at radius 3 is 2.71 bits per heavy atom. The normalized spacial score (nSPS) is 16.8. The molecule has 0 unspecified atom stereocenters. The van der Waals surface area contributed by atoms with Gasteiger partial charge in [-0.2, -0.15) is 4.98 Å². The molecule has 0 saturated heterocycles. The predicted molar refractivity (Wildman–Crippen MR) is 112 cm³/mol. The molecule has 0 amide bonds. The number of aromatic nitrogens is 4. The van der Waals surface area contributed by atoms with Crippen molar-refractivity contribution in [3.8, 4) is 0 Å². The van der Waals surface area contributed by atoms with Crippen LogP contribution in [0.15, 0.2) is 47.3 Å². The standard InChI is InChI=1S/C21H23N5OS/c1-13-10-14(2)26-19(22-13)23-20(24-26)28-12-15(27)11-18-21(3,4)16-8-6-7-9-17(16)25(18)5/h6-11H,12H2,1-5H3. The molecule has 144 valence electrons. The molecule has 0 atom stereocenters. The van der Waals surface area contributed by atoms with E-state index in [1.54, 1.807) is 10.6 Å². The molecule has 0 radical (unpaired) electrons. The van der Waals surface area contributed by atoms with Crippen molar-refractivity contribution in [2.75, 3.05) is 17.7 Å². The van der Waals surface area contributed by atoms with E-state index in [0.717, 1.165) is 22.8 Å². The number of ketones is 1. The Kier molecular flexibility index (Phi) is 4.50. The van der Waals surface area contributed by atoms with Crippen molar-refractivity contribution in [2.45, 2.75) is 38.3 Å². The van der Waals surface area contributed by atoms with Crippen LogP contribution in [-0.4, -0.2) is 38.2 Å². The highest BCUT2D eigenvalue weighted by Crippen LogP contribution is 2.46. The van der Waals surface area contributed by atoms with Gasteiger partial charge >= 0.3 is 0 Å². The molecule has 0 fully saturated rings. The highest BCUT2D eigenvalue weighted by Gasteiger charge is 2.38. The first-order valence-corrected chi connectivity index (χ1v) is 10.2. The van der Waals surface area contributed by atoms with E-state index in [-0.39, 0.29) is 11.2 Å². The number of nitrogens with zero attached hydrogens (tertiary/aromatic N) is 5. The highest BCUT2D eigenvalue weighted by atomic mass is 32.2. The van der Waals surface area contributed by atoms with Gasteiger partial charge < -0.3 is 4.90 Å². The monoisotopic (exact) mass is 393 g/mol. The Hall–Kier alpha value is -2.67. The lowest BCUT2D eigenvalue weighted by Gasteiger charge is -2.23. The average molecular weight is 394 g/mol. The summed E-state index contributed by atoms with van der Waals surface area (Å²) in [5, 5.41) is 5.02. The molecule has 1 aromatic carbocycles. The summed E-state index contributed by atoms with van der Waals surface area (Å²) in [6.07, 6.45) is 1.76. The van der Waals surface area contributed by atoms with Gasteiger partial charge in [0.05, 0.1) is 5.75 Å². The Balaban J connectivity index is 1.53. The predicted octanol–water partition coefficient (Wildman–Crippen LogP) is 3.71. The van der Waals surface area contributed by atoms with Gasteiger partial charge in [-0.15, -0.1) is 5.10 Å². The van der Waals surface area contributed by atoms with E-state index in [9.17, 15) is 4.79 Å². The summed E-state index contributed by atoms with van der Waals surface area (Å²) < 4.78 is 1.71. The number of hydrogen-bond donors (Lipinski definition) is 0. The molecule has 4 rings (SSSR count). The van der Waals surface area contributed by atoms with Gasteiger partial charge in [0, 0.05) is 41.3 Å². The third-order valence-corrected chi connectivity index (χ3v) is 6.04. The zero-order chi connectivity index (χ0) is 20.1. The van der Waals surface area contributed by atoms with E-state index >= 15 is 0 Å². The number of para-hydroxylation sites is 1. The second-order valence-corrected chi connectivity index (χ2v) is 8.57. The Labute approximate surface area is 168 Å². The van der Waals surface area contributed by atoms with Crippen LogP contribution >= 0.6 is 11.8 Å². The van der Waals surface area contributed by atoms with Crippen LogP contribution < -0.4 is 4.90 Å². The summed E-state index contributed by atoms with van der Waals surface area (Å²) in [4.78, 5) is 23.6. The topological polar surface area (TPSA) is 63.4 Å². The van der Waals surface area contributed by atoms with E-state index in [0.29, 0.717) is 16.7 Å². The molecule has 2 aromatic heterocycles. The molecule has 6 nitrogen and oxygen atoms in total. The first-order chi connectivity index (χ1) is 13.3. The Morgan fingerprint density at radius 2 is 1.96 bits per heavy atom. The zero-order valence-corrected chi connectivity index (χ0v) is 17.5. The number of anilines is 1. The fraction of sp³-hybridized carbons (Fsp3) is 0.333. The smallest absolute Gasteiger partial charge is 0.253 e. The molecular formula is C21H23N5OS. The molecule has 1 aliphatic heterocycles. The number of hydrogen-bond acceptors (Lipinski definition) is 6. The number of thioether (sulfide) groups is 1. The first-order valence-electron chi connectivity index (χ1n) is 9.19. The van der Waals surface area contributed by atoms with Crippen molar-refractivity contribution < 1.29 is 4.79 Å². The fourth-order valence-corrected chi connectivity index (χ4v) is 4.44. The minimum atomic E-state index is -0.203. The van der Waals surface area contributed by atoms with Crippen LogP contribution in [0.25, 0.3) is 5.78 Å². The Morgan fingerprint density at radius 1 is 1.21 bits per heavy atom. The minimum Gasteiger partial charge on any atom is -0.347 e. The van der Waals surface area contributed by atoms with Crippen molar-refractivity contribution in [3.63, 3.8) is 0 Å². The molecular weight excluding hydrogens is 370 g/mol. The highest BCUT2D eigenvalue weighted by molar-refractivity contribution is 7.99. The number of likely N-dealkylation sites (N-methyl/N-ethyl adjacent to an activating group) is 1. The maximum Gasteiger partial charge on any atom is 0.253 e. The van der Waals surface area contributed by atoms with Crippen LogP contribution in [0.3, 0.4) is 0 Å². The third-order valence-electron chi connectivity index (χ3n) is 5.18. The van der Waals surface area contributed by atoms with Crippen molar-refractivity contribution in [3.05, 3.63) is 59.1 Å². The SMILES string of the molecule is Cc1cc(C)n2nc(SCC(=O)C=C3N(C)c4ccccc4C3(C)C)nc2n1. The van der Waals surface area contributed by atoms with Gasteiger partial charge in [0.15, 0.2) is 5.78 Å². The van der Waals surface area contributed by atoms with E-state index in [2.05, 4.69) is 45.9 Å². The summed E-state index contributed by atoms with van der Waals surface area (Å²) in [5.74, 6) is 0.906. The van der Waals surface area contributed by atoms with Gasteiger partial charge in [0.1, 0.15) is 0 Å². The number of rotatable bonds is 4. The fourth-order valence-electron chi connectivity index (χ4n) is 3.80. The summed E-state index contributed by atoms with van der Waals surface area (Å²) in [5.41, 5.74) is 5.07. The number of allylic oxidation sites excluding steroid dienone is 2. The summed E-state index contributed by atoms with van der Waals surface area (Å²) in [7, 11) is 2.01. The molecule has 3 heterocycles. The molecule has 0 aliphatic carbocycles. The molecule has 0 N–H and O–H groups in total.